The molecule has 11 heteroatoms. The van der Waals surface area contributed by atoms with Gasteiger partial charge in [0.1, 0.15) is 5.82 Å². The molecule has 2 heterocycles. The van der Waals surface area contributed by atoms with Crippen molar-refractivity contribution in [2.24, 2.45) is 0 Å². The van der Waals surface area contributed by atoms with E-state index >= 15 is 0 Å². The van der Waals surface area contributed by atoms with Crippen molar-refractivity contribution < 1.29 is 19.2 Å². The number of nitro groups is 1. The number of H-pyrrole nitrogens is 1. The molecular formula is C26H19N5O5S. The van der Waals surface area contributed by atoms with Crippen molar-refractivity contribution in [3.8, 4) is 22.6 Å². The second-order valence-electron chi connectivity index (χ2n) is 8.15. The van der Waals surface area contributed by atoms with Crippen LogP contribution in [0.25, 0.3) is 33.7 Å². The zero-order chi connectivity index (χ0) is 25.9. The van der Waals surface area contributed by atoms with E-state index < -0.39 is 23.4 Å². The average Bonchev–Trinajstić information content (AvgIpc) is 3.54. The van der Waals surface area contributed by atoms with Crippen molar-refractivity contribution in [3.05, 3.63) is 93.4 Å². The van der Waals surface area contributed by atoms with Gasteiger partial charge in [-0.3, -0.25) is 20.2 Å². The minimum Gasteiger partial charge on any atom is -0.452 e. The number of aromatic nitrogens is 3. The van der Waals surface area contributed by atoms with Crippen LogP contribution in [0.4, 0.5) is 10.8 Å². The van der Waals surface area contributed by atoms with Gasteiger partial charge in [-0.25, -0.2) is 14.8 Å². The Morgan fingerprint density at radius 2 is 1.86 bits per heavy atom. The first-order valence-corrected chi connectivity index (χ1v) is 12.0. The Labute approximate surface area is 214 Å². The first-order chi connectivity index (χ1) is 17.9. The van der Waals surface area contributed by atoms with E-state index in [0.717, 1.165) is 22.5 Å². The molecule has 0 spiro atoms. The number of fused-ring (bicyclic) bond motifs is 1. The molecule has 5 rings (SSSR count). The molecule has 0 aliphatic rings. The number of hydrogen-bond acceptors (Lipinski definition) is 8. The first-order valence-electron chi connectivity index (χ1n) is 11.1. The number of carbonyl (C=O) groups is 2. The van der Waals surface area contributed by atoms with Crippen LogP contribution in [0.2, 0.25) is 0 Å². The normalized spacial score (nSPS) is 10.8. The number of esters is 1. The SMILES string of the molecule is Cc1ccc(-c2nc3ccc(C(=O)OCC(=O)Nc4nc(-c5cccc([N+](=O)[O-])c5)cs4)cc3[nH]2)cc1. The van der Waals surface area contributed by atoms with E-state index in [1.54, 1.807) is 35.7 Å². The number of thiazole rings is 1. The van der Waals surface area contributed by atoms with Crippen LogP contribution in [-0.4, -0.2) is 38.4 Å². The maximum absolute atomic E-state index is 12.5. The third kappa shape index (κ3) is 5.36. The van der Waals surface area contributed by atoms with Crippen LogP contribution >= 0.6 is 11.3 Å². The quantitative estimate of drug-likeness (QED) is 0.169. The van der Waals surface area contributed by atoms with E-state index in [-0.39, 0.29) is 16.4 Å². The number of imidazole rings is 1. The lowest BCUT2D eigenvalue weighted by Crippen LogP contribution is -2.20. The molecule has 2 N–H and O–H groups in total. The average molecular weight is 514 g/mol. The number of nitrogens with one attached hydrogen (secondary N) is 2. The molecule has 1 amide bonds. The first kappa shape index (κ1) is 23.8. The molecule has 184 valence electrons. The lowest BCUT2D eigenvalue weighted by Gasteiger charge is -2.05. The Kier molecular flexibility index (Phi) is 6.43. The van der Waals surface area contributed by atoms with E-state index in [4.69, 9.17) is 4.74 Å². The summed E-state index contributed by atoms with van der Waals surface area (Å²) in [7, 11) is 0. The largest absolute Gasteiger partial charge is 0.452 e. The molecule has 0 radical (unpaired) electrons. The third-order valence-corrected chi connectivity index (χ3v) is 6.24. The minimum atomic E-state index is -0.653. The van der Waals surface area contributed by atoms with Crippen LogP contribution < -0.4 is 5.32 Å². The van der Waals surface area contributed by atoms with E-state index in [9.17, 15) is 19.7 Å². The lowest BCUT2D eigenvalue weighted by atomic mass is 10.1. The summed E-state index contributed by atoms with van der Waals surface area (Å²) in [5, 5.41) is 15.5. The molecular weight excluding hydrogens is 494 g/mol. The van der Waals surface area contributed by atoms with E-state index in [2.05, 4.69) is 20.3 Å². The number of nitrogens with zero attached hydrogens (tertiary/aromatic N) is 3. The second-order valence-corrected chi connectivity index (χ2v) is 9.01. The van der Waals surface area contributed by atoms with Gasteiger partial charge >= 0.3 is 5.97 Å². The summed E-state index contributed by atoms with van der Waals surface area (Å²) >= 11 is 1.16. The topological polar surface area (TPSA) is 140 Å². The summed E-state index contributed by atoms with van der Waals surface area (Å²) in [6.45, 7) is 1.51. The number of amides is 1. The van der Waals surface area contributed by atoms with Crippen molar-refractivity contribution in [2.45, 2.75) is 6.92 Å². The summed E-state index contributed by atoms with van der Waals surface area (Å²) in [5.74, 6) is -0.523. The van der Waals surface area contributed by atoms with Crippen LogP contribution in [-0.2, 0) is 9.53 Å². The highest BCUT2D eigenvalue weighted by Crippen LogP contribution is 2.27. The van der Waals surface area contributed by atoms with Gasteiger partial charge in [0.05, 0.1) is 27.2 Å². The van der Waals surface area contributed by atoms with Crippen molar-refractivity contribution >= 4 is 45.1 Å². The predicted octanol–water partition coefficient (Wildman–Crippen LogP) is 5.37. The number of nitro benzene ring substituents is 1. The molecule has 0 saturated heterocycles. The molecule has 3 aromatic carbocycles. The maximum atomic E-state index is 12.5. The van der Waals surface area contributed by atoms with Gasteiger partial charge < -0.3 is 9.72 Å². The van der Waals surface area contributed by atoms with Crippen LogP contribution in [0.15, 0.2) is 72.1 Å². The fourth-order valence-electron chi connectivity index (χ4n) is 3.60. The van der Waals surface area contributed by atoms with Crippen molar-refractivity contribution in [2.75, 3.05) is 11.9 Å². The Hall–Kier alpha value is -4.90. The number of carbonyl (C=O) groups excluding carboxylic acids is 2. The molecule has 0 fully saturated rings. The molecule has 0 aliphatic heterocycles. The Balaban J connectivity index is 1.20. The highest BCUT2D eigenvalue weighted by atomic mass is 32.1. The summed E-state index contributed by atoms with van der Waals surface area (Å²) in [6, 6.07) is 18.9. The molecule has 5 aromatic rings. The van der Waals surface area contributed by atoms with Crippen LogP contribution in [0, 0.1) is 17.0 Å². The fourth-order valence-corrected chi connectivity index (χ4v) is 4.33. The van der Waals surface area contributed by atoms with Crippen LogP contribution in [0.1, 0.15) is 15.9 Å². The monoisotopic (exact) mass is 513 g/mol. The number of aryl methyl sites for hydroxylation is 1. The van der Waals surface area contributed by atoms with Gasteiger partial charge in [-0.2, -0.15) is 0 Å². The van der Waals surface area contributed by atoms with Crippen molar-refractivity contribution in [3.63, 3.8) is 0 Å². The highest BCUT2D eigenvalue weighted by molar-refractivity contribution is 7.14. The number of anilines is 1. The predicted molar refractivity (Wildman–Crippen MR) is 139 cm³/mol. The fraction of sp³-hybridized carbons (Fsp3) is 0.0769. The number of benzene rings is 3. The third-order valence-electron chi connectivity index (χ3n) is 5.48. The van der Waals surface area contributed by atoms with Gasteiger partial charge in [-0.1, -0.05) is 42.0 Å². The van der Waals surface area contributed by atoms with Gasteiger partial charge in [0.2, 0.25) is 0 Å². The van der Waals surface area contributed by atoms with Crippen LogP contribution in [0.5, 0.6) is 0 Å². The van der Waals surface area contributed by atoms with Gasteiger partial charge in [0.15, 0.2) is 11.7 Å². The molecule has 0 atom stereocenters. The van der Waals surface area contributed by atoms with Gasteiger partial charge in [0.25, 0.3) is 11.6 Å². The molecule has 10 nitrogen and oxygen atoms in total. The standard InChI is InChI=1S/C26H19N5O5S/c1-15-5-7-16(8-6-15)24-27-20-10-9-18(12-21(20)28-24)25(33)36-13-23(32)30-26-29-22(14-37-26)17-3-2-4-19(11-17)31(34)35/h2-12,14H,13H2,1H3,(H,27,28)(H,29,30,32). The molecule has 0 unspecified atom stereocenters. The van der Waals surface area contributed by atoms with Gasteiger partial charge in [-0.05, 0) is 25.1 Å². The van der Waals surface area contributed by atoms with E-state index in [1.807, 2.05) is 31.2 Å². The maximum Gasteiger partial charge on any atom is 0.338 e. The summed E-state index contributed by atoms with van der Waals surface area (Å²) < 4.78 is 5.17. The van der Waals surface area contributed by atoms with Crippen LogP contribution in [0.3, 0.4) is 0 Å². The number of hydrogen-bond donors (Lipinski definition) is 2. The van der Waals surface area contributed by atoms with Gasteiger partial charge in [0, 0.05) is 28.6 Å². The minimum absolute atomic E-state index is 0.0531. The summed E-state index contributed by atoms with van der Waals surface area (Å²) in [6.07, 6.45) is 0. The number of rotatable bonds is 7. The second kappa shape index (κ2) is 9.99. The molecule has 0 aliphatic carbocycles. The smallest absolute Gasteiger partial charge is 0.338 e. The zero-order valence-electron chi connectivity index (χ0n) is 19.4. The Morgan fingerprint density at radius 3 is 2.65 bits per heavy atom. The highest BCUT2D eigenvalue weighted by Gasteiger charge is 2.15. The van der Waals surface area contributed by atoms with Gasteiger partial charge in [-0.15, -0.1) is 11.3 Å². The molecule has 37 heavy (non-hydrogen) atoms. The summed E-state index contributed by atoms with van der Waals surface area (Å²) in [5.41, 5.74) is 4.71. The Morgan fingerprint density at radius 1 is 1.05 bits per heavy atom. The number of aromatic amines is 1. The lowest BCUT2D eigenvalue weighted by molar-refractivity contribution is -0.384. The van der Waals surface area contributed by atoms with Crippen molar-refractivity contribution in [1.29, 1.82) is 0 Å². The molecule has 0 bridgehead atoms. The summed E-state index contributed by atoms with van der Waals surface area (Å²) in [4.78, 5) is 47.4. The zero-order valence-corrected chi connectivity index (χ0v) is 20.2. The molecule has 2 aromatic heterocycles. The molecule has 0 saturated carbocycles. The Bertz CT molecular complexity index is 1640. The van der Waals surface area contributed by atoms with E-state index in [0.29, 0.717) is 28.1 Å². The van der Waals surface area contributed by atoms with E-state index in [1.165, 1.54) is 12.1 Å². The number of non-ortho nitro benzene ring substituents is 1. The number of ether oxygens (including phenoxy) is 1. The van der Waals surface area contributed by atoms with Crippen molar-refractivity contribution in [1.82, 2.24) is 15.0 Å².